The van der Waals surface area contributed by atoms with Crippen LogP contribution in [0.25, 0.3) is 0 Å². The summed E-state index contributed by atoms with van der Waals surface area (Å²) in [5.74, 6) is -0.697. The lowest BCUT2D eigenvalue weighted by Crippen LogP contribution is -2.51. The third-order valence-corrected chi connectivity index (χ3v) is 9.09. The van der Waals surface area contributed by atoms with Gasteiger partial charge >= 0.3 is 0 Å². The maximum Gasteiger partial charge on any atom is 0.264 e. The van der Waals surface area contributed by atoms with Crippen LogP contribution in [0.4, 0.5) is 5.69 Å². The van der Waals surface area contributed by atoms with Gasteiger partial charge in [-0.25, -0.2) is 8.42 Å². The summed E-state index contributed by atoms with van der Waals surface area (Å²) in [4.78, 5) is 28.6. The van der Waals surface area contributed by atoms with E-state index in [1.165, 1.54) is 17.0 Å². The Hall–Kier alpha value is -3.07. The molecular weight excluding hydrogens is 581 g/mol. The first-order valence-corrected chi connectivity index (χ1v) is 15.6. The Balaban J connectivity index is 2.08. The minimum Gasteiger partial charge on any atom is -0.354 e. The SMILES string of the molecule is Cc1ccc(S(=O)(=O)N(CC(=O)N(Cc2ccc(Cl)cc2Cl)[C@H](C)C(=O)NCC(C)C)c2cc(C)ccc2C)cc1. The third-order valence-electron chi connectivity index (χ3n) is 6.73. The van der Waals surface area contributed by atoms with Gasteiger partial charge < -0.3 is 10.2 Å². The molecule has 220 valence electrons. The summed E-state index contributed by atoms with van der Waals surface area (Å²) in [5, 5.41) is 3.64. The van der Waals surface area contributed by atoms with Gasteiger partial charge in [0.2, 0.25) is 11.8 Å². The largest absolute Gasteiger partial charge is 0.354 e. The summed E-state index contributed by atoms with van der Waals surface area (Å²) in [6, 6.07) is 15.9. The van der Waals surface area contributed by atoms with E-state index in [1.807, 2.05) is 39.8 Å². The quantitative estimate of drug-likeness (QED) is 0.273. The fraction of sp³-hybridized carbons (Fsp3) is 0.355. The van der Waals surface area contributed by atoms with Crippen molar-refractivity contribution >= 4 is 50.7 Å². The number of hydrogen-bond donors (Lipinski definition) is 1. The molecule has 10 heteroatoms. The first-order chi connectivity index (χ1) is 19.2. The highest BCUT2D eigenvalue weighted by Crippen LogP contribution is 2.29. The highest BCUT2D eigenvalue weighted by atomic mass is 35.5. The number of sulfonamides is 1. The molecule has 2 amide bonds. The molecule has 1 atom stereocenters. The van der Waals surface area contributed by atoms with Crippen LogP contribution in [-0.2, 0) is 26.2 Å². The molecule has 7 nitrogen and oxygen atoms in total. The van der Waals surface area contributed by atoms with Gasteiger partial charge in [0.05, 0.1) is 10.6 Å². The number of amides is 2. The van der Waals surface area contributed by atoms with Crippen LogP contribution in [-0.4, -0.2) is 44.3 Å². The van der Waals surface area contributed by atoms with Gasteiger partial charge in [-0.15, -0.1) is 0 Å². The van der Waals surface area contributed by atoms with E-state index in [-0.39, 0.29) is 23.3 Å². The molecule has 0 aromatic heterocycles. The topological polar surface area (TPSA) is 86.8 Å². The smallest absolute Gasteiger partial charge is 0.264 e. The Labute approximate surface area is 253 Å². The molecule has 1 N–H and O–H groups in total. The summed E-state index contributed by atoms with van der Waals surface area (Å²) >= 11 is 12.5. The van der Waals surface area contributed by atoms with Crippen LogP contribution in [0, 0.1) is 26.7 Å². The predicted molar refractivity (Wildman–Crippen MR) is 166 cm³/mol. The fourth-order valence-corrected chi connectivity index (χ4v) is 6.15. The van der Waals surface area contributed by atoms with Gasteiger partial charge in [0.25, 0.3) is 10.0 Å². The van der Waals surface area contributed by atoms with Crippen LogP contribution in [0.2, 0.25) is 10.0 Å². The number of benzene rings is 3. The molecule has 0 heterocycles. The molecule has 0 aliphatic rings. The number of anilines is 1. The van der Waals surface area contributed by atoms with E-state index in [1.54, 1.807) is 50.2 Å². The lowest BCUT2D eigenvalue weighted by molar-refractivity contribution is -0.139. The predicted octanol–water partition coefficient (Wildman–Crippen LogP) is 6.30. The Kier molecular flexibility index (Phi) is 10.9. The van der Waals surface area contributed by atoms with E-state index in [2.05, 4.69) is 5.32 Å². The molecule has 0 bridgehead atoms. The number of carbonyl (C=O) groups is 2. The summed E-state index contributed by atoms with van der Waals surface area (Å²) < 4.78 is 29.2. The lowest BCUT2D eigenvalue weighted by Gasteiger charge is -2.33. The van der Waals surface area contributed by atoms with Crippen molar-refractivity contribution in [2.24, 2.45) is 5.92 Å². The van der Waals surface area contributed by atoms with Gasteiger partial charge in [-0.3, -0.25) is 13.9 Å². The molecule has 0 aliphatic carbocycles. The second-order valence-corrected chi connectivity index (χ2v) is 13.4. The normalized spacial score (nSPS) is 12.2. The Morgan fingerprint density at radius 2 is 1.51 bits per heavy atom. The molecule has 0 radical (unpaired) electrons. The van der Waals surface area contributed by atoms with Crippen molar-refractivity contribution < 1.29 is 18.0 Å². The van der Waals surface area contributed by atoms with E-state index >= 15 is 0 Å². The molecule has 0 saturated heterocycles. The van der Waals surface area contributed by atoms with Gasteiger partial charge in [0, 0.05) is 23.1 Å². The molecular formula is C31H37Cl2N3O4S. The Morgan fingerprint density at radius 1 is 0.878 bits per heavy atom. The Morgan fingerprint density at radius 3 is 2.12 bits per heavy atom. The summed E-state index contributed by atoms with van der Waals surface area (Å²) in [7, 11) is -4.15. The standard InChI is InChI=1S/C31H37Cl2N3O4S/c1-20(2)17-34-31(38)24(6)35(18-25-11-12-26(32)16-28(25)33)30(37)19-36(29-15-22(4)7-10-23(29)5)41(39,40)27-13-8-21(3)9-14-27/h7-16,20,24H,17-19H2,1-6H3,(H,34,38)/t24-/m1/s1. The zero-order valence-corrected chi connectivity index (χ0v) is 26.6. The second kappa shape index (κ2) is 13.7. The van der Waals surface area contributed by atoms with E-state index in [0.29, 0.717) is 33.4 Å². The monoisotopic (exact) mass is 617 g/mol. The van der Waals surface area contributed by atoms with Gasteiger partial charge in [-0.1, -0.05) is 72.9 Å². The van der Waals surface area contributed by atoms with Crippen molar-refractivity contribution in [3.05, 3.63) is 93.0 Å². The van der Waals surface area contributed by atoms with Crippen molar-refractivity contribution in [2.75, 3.05) is 17.4 Å². The minimum absolute atomic E-state index is 0.0175. The van der Waals surface area contributed by atoms with Gasteiger partial charge in [-0.05, 0) is 80.6 Å². The number of hydrogen-bond acceptors (Lipinski definition) is 4. The first kappa shape index (κ1) is 32.4. The maximum absolute atomic E-state index is 14.1. The second-order valence-electron chi connectivity index (χ2n) is 10.7. The van der Waals surface area contributed by atoms with E-state index < -0.39 is 28.5 Å². The van der Waals surface area contributed by atoms with Gasteiger partial charge in [0.15, 0.2) is 0 Å². The van der Waals surface area contributed by atoms with E-state index in [9.17, 15) is 18.0 Å². The molecule has 3 rings (SSSR count). The molecule has 0 aliphatic heterocycles. The molecule has 0 fully saturated rings. The van der Waals surface area contributed by atoms with Crippen LogP contribution < -0.4 is 9.62 Å². The number of nitrogens with zero attached hydrogens (tertiary/aromatic N) is 2. The summed E-state index contributed by atoms with van der Waals surface area (Å²) in [5.41, 5.74) is 3.40. The number of aryl methyl sites for hydroxylation is 3. The molecule has 3 aromatic carbocycles. The van der Waals surface area contributed by atoms with E-state index in [0.717, 1.165) is 15.4 Å². The molecule has 0 unspecified atom stereocenters. The van der Waals surface area contributed by atoms with Crippen molar-refractivity contribution in [3.63, 3.8) is 0 Å². The van der Waals surface area contributed by atoms with Crippen molar-refractivity contribution in [2.45, 2.75) is 59.0 Å². The zero-order valence-electron chi connectivity index (χ0n) is 24.2. The average molecular weight is 619 g/mol. The lowest BCUT2D eigenvalue weighted by atomic mass is 10.1. The van der Waals surface area contributed by atoms with Crippen molar-refractivity contribution in [1.82, 2.24) is 10.2 Å². The number of carbonyl (C=O) groups excluding carboxylic acids is 2. The molecule has 3 aromatic rings. The minimum atomic E-state index is -4.15. The van der Waals surface area contributed by atoms with Crippen LogP contribution in [0.1, 0.15) is 43.0 Å². The van der Waals surface area contributed by atoms with Crippen LogP contribution in [0.3, 0.4) is 0 Å². The van der Waals surface area contributed by atoms with Crippen LogP contribution >= 0.6 is 23.2 Å². The van der Waals surface area contributed by atoms with Gasteiger partial charge in [0.1, 0.15) is 12.6 Å². The summed E-state index contributed by atoms with van der Waals surface area (Å²) in [6.07, 6.45) is 0. The number of rotatable bonds is 11. The van der Waals surface area contributed by atoms with Gasteiger partial charge in [-0.2, -0.15) is 0 Å². The summed E-state index contributed by atoms with van der Waals surface area (Å²) in [6.45, 7) is 11.0. The number of nitrogens with one attached hydrogen (secondary N) is 1. The molecule has 0 saturated carbocycles. The van der Waals surface area contributed by atoms with Crippen molar-refractivity contribution in [1.29, 1.82) is 0 Å². The van der Waals surface area contributed by atoms with Crippen LogP contribution in [0.5, 0.6) is 0 Å². The third kappa shape index (κ3) is 8.24. The maximum atomic E-state index is 14.1. The number of halogens is 2. The fourth-order valence-electron chi connectivity index (χ4n) is 4.21. The highest BCUT2D eigenvalue weighted by molar-refractivity contribution is 7.92. The van der Waals surface area contributed by atoms with Crippen LogP contribution in [0.15, 0.2) is 65.6 Å². The first-order valence-electron chi connectivity index (χ1n) is 13.4. The zero-order chi connectivity index (χ0) is 30.5. The highest BCUT2D eigenvalue weighted by Gasteiger charge is 2.33. The van der Waals surface area contributed by atoms with Crippen molar-refractivity contribution in [3.8, 4) is 0 Å². The molecule has 41 heavy (non-hydrogen) atoms. The van der Waals surface area contributed by atoms with E-state index in [4.69, 9.17) is 23.2 Å². The Bertz CT molecular complexity index is 1510. The average Bonchev–Trinajstić information content (AvgIpc) is 2.91. The molecule has 0 spiro atoms.